The number of nitrogens with one attached hydrogen (secondary N) is 3. The van der Waals surface area contributed by atoms with E-state index in [0.717, 1.165) is 32.1 Å². The summed E-state index contributed by atoms with van der Waals surface area (Å²) in [6.45, 7) is 11.0. The standard InChI is InChI=1S/C33H51N5O6S/c1-21(37(7)31(42)44-32(2,3)4)29(40)34-25-19-28(39)35-27-20-33(5,6)26(38(27)30(25)41)17-10-11-18-45(43)36-24-16-12-14-22-13-8-9-15-23(22)24/h8-9,13,15,21,24-27,36H,10-12,14,16-20H2,1-7H3,(H,34,40)(H,35,39)/t21-,24+,25-,26?,27+,45?/m0/s1. The maximum atomic E-state index is 13.9. The zero-order valence-corrected chi connectivity index (χ0v) is 28.6. The molecule has 2 unspecified atom stereocenters. The van der Waals surface area contributed by atoms with Gasteiger partial charge >= 0.3 is 6.09 Å². The molecule has 4 rings (SSSR count). The maximum absolute atomic E-state index is 13.9. The van der Waals surface area contributed by atoms with E-state index >= 15 is 0 Å². The second-order valence-electron chi connectivity index (χ2n) is 14.4. The van der Waals surface area contributed by atoms with Gasteiger partial charge in [-0.25, -0.2) is 13.7 Å². The molecule has 1 aliphatic carbocycles. The van der Waals surface area contributed by atoms with Crippen LogP contribution >= 0.6 is 0 Å². The quantitative estimate of drug-likeness (QED) is 0.332. The van der Waals surface area contributed by atoms with Crippen molar-refractivity contribution in [2.45, 2.75) is 129 Å². The Morgan fingerprint density at radius 3 is 2.60 bits per heavy atom. The van der Waals surface area contributed by atoms with E-state index in [1.165, 1.54) is 23.1 Å². The van der Waals surface area contributed by atoms with Crippen LogP contribution in [0.15, 0.2) is 24.3 Å². The molecule has 3 aliphatic rings. The molecule has 1 aromatic carbocycles. The number of ether oxygens (including phenoxy) is 1. The molecular formula is C33H51N5O6S. The van der Waals surface area contributed by atoms with E-state index in [-0.39, 0.29) is 35.7 Å². The minimum atomic E-state index is -1.17. The summed E-state index contributed by atoms with van der Waals surface area (Å²) in [5.74, 6) is -0.646. The number of hydrogen-bond donors (Lipinski definition) is 3. The van der Waals surface area contributed by atoms with E-state index in [9.17, 15) is 23.4 Å². The Morgan fingerprint density at radius 1 is 1.18 bits per heavy atom. The average Bonchev–Trinajstić information content (AvgIpc) is 3.14. The van der Waals surface area contributed by atoms with Crippen LogP contribution in [0.2, 0.25) is 0 Å². The van der Waals surface area contributed by atoms with Gasteiger partial charge in [-0.3, -0.25) is 19.3 Å². The van der Waals surface area contributed by atoms with Crippen molar-refractivity contribution in [1.82, 2.24) is 25.2 Å². The number of carbonyl (C=O) groups is 4. The Hall–Kier alpha value is -2.99. The Bertz CT molecular complexity index is 1300. The molecule has 1 aromatic rings. The third-order valence-corrected chi connectivity index (χ3v) is 10.4. The lowest BCUT2D eigenvalue weighted by Gasteiger charge is -2.35. The molecule has 3 N–H and O–H groups in total. The summed E-state index contributed by atoms with van der Waals surface area (Å²) in [5.41, 5.74) is 1.57. The minimum absolute atomic E-state index is 0.0995. The van der Waals surface area contributed by atoms with Gasteiger partial charge in [0, 0.05) is 24.9 Å². The number of amides is 4. The number of nitrogens with zero attached hydrogens (tertiary/aromatic N) is 2. The van der Waals surface area contributed by atoms with Crippen molar-refractivity contribution < 1.29 is 28.1 Å². The second kappa shape index (κ2) is 14.2. The van der Waals surface area contributed by atoms with Crippen LogP contribution in [0, 0.1) is 5.41 Å². The second-order valence-corrected chi connectivity index (χ2v) is 15.7. The van der Waals surface area contributed by atoms with Crippen molar-refractivity contribution in [1.29, 1.82) is 0 Å². The fraction of sp³-hybridized carbons (Fsp3) is 0.697. The third-order valence-electron chi connectivity index (χ3n) is 9.22. The highest BCUT2D eigenvalue weighted by Gasteiger charge is 2.52. The number of carbonyl (C=O) groups excluding carboxylic acids is 4. The van der Waals surface area contributed by atoms with Gasteiger partial charge in [-0.1, -0.05) is 44.5 Å². The van der Waals surface area contributed by atoms with Crippen molar-refractivity contribution in [3.63, 3.8) is 0 Å². The van der Waals surface area contributed by atoms with Crippen molar-refractivity contribution in [2.24, 2.45) is 5.41 Å². The fourth-order valence-electron chi connectivity index (χ4n) is 6.72. The van der Waals surface area contributed by atoms with Crippen LogP contribution in [0.25, 0.3) is 0 Å². The highest BCUT2D eigenvalue weighted by atomic mass is 32.2. The first-order chi connectivity index (χ1) is 21.1. The molecule has 45 heavy (non-hydrogen) atoms. The van der Waals surface area contributed by atoms with Gasteiger partial charge in [-0.2, -0.15) is 0 Å². The maximum Gasteiger partial charge on any atom is 0.410 e. The molecule has 2 fully saturated rings. The Balaban J connectivity index is 1.35. The third kappa shape index (κ3) is 8.64. The van der Waals surface area contributed by atoms with Crippen LogP contribution in [0.4, 0.5) is 4.79 Å². The molecule has 0 aromatic heterocycles. The molecule has 2 heterocycles. The predicted molar refractivity (Wildman–Crippen MR) is 173 cm³/mol. The lowest BCUT2D eigenvalue weighted by Crippen LogP contribution is -2.56. The number of likely N-dealkylation sites (N-methyl/N-ethyl adjacent to an activating group) is 1. The minimum Gasteiger partial charge on any atom is -0.444 e. The molecule has 11 nitrogen and oxygen atoms in total. The van der Waals surface area contributed by atoms with Gasteiger partial charge in [-0.15, -0.1) is 0 Å². The monoisotopic (exact) mass is 645 g/mol. The van der Waals surface area contributed by atoms with Gasteiger partial charge in [0.1, 0.15) is 23.9 Å². The number of hydrogen-bond acceptors (Lipinski definition) is 6. The fourth-order valence-corrected chi connectivity index (χ4v) is 7.87. The van der Waals surface area contributed by atoms with Crippen LogP contribution < -0.4 is 15.4 Å². The van der Waals surface area contributed by atoms with E-state index in [4.69, 9.17) is 4.74 Å². The number of aryl methyl sites for hydroxylation is 1. The van der Waals surface area contributed by atoms with Gasteiger partial charge in [0.05, 0.1) is 17.4 Å². The zero-order chi connectivity index (χ0) is 33.1. The van der Waals surface area contributed by atoms with Gasteiger partial charge < -0.3 is 20.3 Å². The van der Waals surface area contributed by atoms with Crippen LogP contribution in [-0.4, -0.2) is 80.5 Å². The Labute approximate surface area is 270 Å². The molecule has 0 bridgehead atoms. The molecular weight excluding hydrogens is 594 g/mol. The first-order valence-corrected chi connectivity index (χ1v) is 17.5. The Morgan fingerprint density at radius 2 is 1.89 bits per heavy atom. The smallest absolute Gasteiger partial charge is 0.410 e. The number of benzene rings is 1. The highest BCUT2D eigenvalue weighted by molar-refractivity contribution is 7.83. The lowest BCUT2D eigenvalue weighted by molar-refractivity contribution is -0.140. The molecule has 4 amide bonds. The molecule has 2 aliphatic heterocycles. The summed E-state index contributed by atoms with van der Waals surface area (Å²) in [5, 5.41) is 5.73. The lowest BCUT2D eigenvalue weighted by atomic mass is 9.81. The molecule has 0 saturated carbocycles. The molecule has 12 heteroatoms. The van der Waals surface area contributed by atoms with Gasteiger partial charge in [-0.05, 0) is 82.8 Å². The number of fused-ring (bicyclic) bond motifs is 2. The van der Waals surface area contributed by atoms with Gasteiger partial charge in [0.15, 0.2) is 0 Å². The van der Waals surface area contributed by atoms with E-state index in [2.05, 4.69) is 47.4 Å². The van der Waals surface area contributed by atoms with Crippen LogP contribution in [0.5, 0.6) is 0 Å². The number of unbranched alkanes of at least 4 members (excludes halogenated alkanes) is 1. The average molecular weight is 646 g/mol. The first kappa shape index (κ1) is 34.9. The summed E-state index contributed by atoms with van der Waals surface area (Å²) in [6.07, 6.45) is 4.59. The predicted octanol–water partition coefficient (Wildman–Crippen LogP) is 3.70. The topological polar surface area (TPSA) is 137 Å². The van der Waals surface area contributed by atoms with Gasteiger partial charge in [0.25, 0.3) is 0 Å². The van der Waals surface area contributed by atoms with Crippen molar-refractivity contribution in [3.8, 4) is 0 Å². The number of rotatable bonds is 10. The van der Waals surface area contributed by atoms with Gasteiger partial charge in [0.2, 0.25) is 17.7 Å². The largest absolute Gasteiger partial charge is 0.444 e. The van der Waals surface area contributed by atoms with Crippen LogP contribution in [-0.2, 0) is 36.5 Å². The molecule has 0 spiro atoms. The molecule has 6 atom stereocenters. The highest BCUT2D eigenvalue weighted by Crippen LogP contribution is 2.43. The van der Waals surface area contributed by atoms with Crippen LogP contribution in [0.1, 0.15) is 104 Å². The van der Waals surface area contributed by atoms with Crippen molar-refractivity contribution in [3.05, 3.63) is 35.4 Å². The summed E-state index contributed by atoms with van der Waals surface area (Å²) >= 11 is 0. The van der Waals surface area contributed by atoms with E-state index < -0.39 is 46.8 Å². The molecule has 2 saturated heterocycles. The van der Waals surface area contributed by atoms with Crippen molar-refractivity contribution in [2.75, 3.05) is 12.8 Å². The van der Waals surface area contributed by atoms with Crippen LogP contribution in [0.3, 0.4) is 0 Å². The summed E-state index contributed by atoms with van der Waals surface area (Å²) in [7, 11) is 0.292. The van der Waals surface area contributed by atoms with E-state index in [1.54, 1.807) is 32.6 Å². The first-order valence-electron chi connectivity index (χ1n) is 16.2. The van der Waals surface area contributed by atoms with E-state index in [0.29, 0.717) is 18.6 Å². The normalized spacial score (nSPS) is 25.7. The summed E-state index contributed by atoms with van der Waals surface area (Å²) < 4.78 is 21.7. The SMILES string of the molecule is C[C@@H](C(=O)N[C@H]1CC(=O)N[C@H]2CC(C)(C)C(CCCCS(=O)N[C@@H]3CCCc4ccccc43)N2C1=O)N(C)C(=O)OC(C)(C)C. The zero-order valence-electron chi connectivity index (χ0n) is 27.8. The summed E-state index contributed by atoms with van der Waals surface area (Å²) in [6, 6.07) is 6.31. The molecule has 250 valence electrons. The van der Waals surface area contributed by atoms with Crippen molar-refractivity contribution >= 4 is 34.8 Å². The summed E-state index contributed by atoms with van der Waals surface area (Å²) in [4.78, 5) is 55.4. The Kier molecular flexibility index (Phi) is 11.0. The molecule has 0 radical (unpaired) electrons. The van der Waals surface area contributed by atoms with E-state index in [1.807, 2.05) is 6.07 Å².